The minimum atomic E-state index is 0.197. The van der Waals surface area contributed by atoms with Gasteiger partial charge in [0, 0.05) is 0 Å². The highest BCUT2D eigenvalue weighted by molar-refractivity contribution is 6.31. The van der Waals surface area contributed by atoms with Crippen molar-refractivity contribution in [1.82, 2.24) is 4.98 Å². The molecule has 1 aliphatic rings. The first-order valence-corrected chi connectivity index (χ1v) is 6.60. The number of nitrogens with zero attached hydrogens (tertiary/aromatic N) is 1. The molecule has 100 valence electrons. The molecule has 0 aromatic carbocycles. The fourth-order valence-corrected chi connectivity index (χ4v) is 2.44. The lowest BCUT2D eigenvalue weighted by Gasteiger charge is -2.31. The highest BCUT2D eigenvalue weighted by Gasteiger charge is 2.25. The van der Waals surface area contributed by atoms with Crippen LogP contribution in [0.3, 0.4) is 0 Å². The number of nitrogens with two attached hydrogens (primary N) is 1. The number of pyridine rings is 1. The zero-order valence-electron chi connectivity index (χ0n) is 10.7. The molecule has 1 aliphatic heterocycles. The SMILES string of the molecule is CC1CC(OCc2nc(N)ccc2Cl)CC(C)O1. The zero-order valence-corrected chi connectivity index (χ0v) is 11.5. The number of hydrogen-bond donors (Lipinski definition) is 1. The predicted octanol–water partition coefficient (Wildman–Crippen LogP) is 2.79. The molecule has 1 saturated heterocycles. The fraction of sp³-hybridized carbons (Fsp3) is 0.615. The van der Waals surface area contributed by atoms with E-state index in [1.54, 1.807) is 12.1 Å². The summed E-state index contributed by atoms with van der Waals surface area (Å²) >= 11 is 6.05. The number of halogens is 1. The molecule has 1 fully saturated rings. The standard InChI is InChI=1S/C13H19ClN2O2/c1-8-5-10(6-9(2)18-8)17-7-12-11(14)3-4-13(15)16-12/h3-4,8-10H,5-7H2,1-2H3,(H2,15,16). The maximum absolute atomic E-state index is 6.05. The number of anilines is 1. The molecule has 2 heterocycles. The topological polar surface area (TPSA) is 57.4 Å². The van der Waals surface area contributed by atoms with Crippen LogP contribution < -0.4 is 5.73 Å². The average molecular weight is 271 g/mol. The molecule has 4 nitrogen and oxygen atoms in total. The maximum atomic E-state index is 6.05. The quantitative estimate of drug-likeness (QED) is 0.918. The van der Waals surface area contributed by atoms with Gasteiger partial charge in [-0.1, -0.05) is 11.6 Å². The summed E-state index contributed by atoms with van der Waals surface area (Å²) in [5.41, 5.74) is 6.33. The van der Waals surface area contributed by atoms with Crippen LogP contribution in [-0.2, 0) is 16.1 Å². The van der Waals surface area contributed by atoms with Crippen molar-refractivity contribution in [3.05, 3.63) is 22.8 Å². The molecular weight excluding hydrogens is 252 g/mol. The highest BCUT2D eigenvalue weighted by atomic mass is 35.5. The van der Waals surface area contributed by atoms with Gasteiger partial charge < -0.3 is 15.2 Å². The molecule has 0 radical (unpaired) electrons. The lowest BCUT2D eigenvalue weighted by molar-refractivity contribution is -0.106. The average Bonchev–Trinajstić information content (AvgIpc) is 2.29. The van der Waals surface area contributed by atoms with Gasteiger partial charge in [-0.2, -0.15) is 0 Å². The minimum absolute atomic E-state index is 0.197. The van der Waals surface area contributed by atoms with Crippen LogP contribution >= 0.6 is 11.6 Å². The second-order valence-corrected chi connectivity index (χ2v) is 5.23. The zero-order chi connectivity index (χ0) is 13.1. The van der Waals surface area contributed by atoms with Crippen molar-refractivity contribution in [1.29, 1.82) is 0 Å². The smallest absolute Gasteiger partial charge is 0.123 e. The lowest BCUT2D eigenvalue weighted by atomic mass is 10.0. The maximum Gasteiger partial charge on any atom is 0.123 e. The van der Waals surface area contributed by atoms with Crippen LogP contribution in [0.1, 0.15) is 32.4 Å². The Morgan fingerprint density at radius 2 is 2.06 bits per heavy atom. The van der Waals surface area contributed by atoms with Gasteiger partial charge in [0.25, 0.3) is 0 Å². The number of hydrogen-bond acceptors (Lipinski definition) is 4. The van der Waals surface area contributed by atoms with E-state index in [4.69, 9.17) is 26.8 Å². The highest BCUT2D eigenvalue weighted by Crippen LogP contribution is 2.24. The molecule has 0 spiro atoms. The lowest BCUT2D eigenvalue weighted by Crippen LogP contribution is -2.34. The Balaban J connectivity index is 1.92. The Labute approximate surface area is 112 Å². The van der Waals surface area contributed by atoms with Gasteiger partial charge in [0.2, 0.25) is 0 Å². The number of aromatic nitrogens is 1. The van der Waals surface area contributed by atoms with E-state index in [1.807, 2.05) is 0 Å². The molecule has 0 bridgehead atoms. The summed E-state index contributed by atoms with van der Waals surface area (Å²) in [6, 6.07) is 3.43. The van der Waals surface area contributed by atoms with Gasteiger partial charge >= 0.3 is 0 Å². The van der Waals surface area contributed by atoms with Crippen LogP contribution in [0.25, 0.3) is 0 Å². The molecule has 0 amide bonds. The summed E-state index contributed by atoms with van der Waals surface area (Å²) in [5, 5.41) is 0.595. The second-order valence-electron chi connectivity index (χ2n) is 4.83. The van der Waals surface area contributed by atoms with Crippen LogP contribution in [0.2, 0.25) is 5.02 Å². The van der Waals surface area contributed by atoms with E-state index in [2.05, 4.69) is 18.8 Å². The minimum Gasteiger partial charge on any atom is -0.384 e. The Kier molecular flexibility index (Phi) is 4.43. The van der Waals surface area contributed by atoms with Gasteiger partial charge in [0.15, 0.2) is 0 Å². The van der Waals surface area contributed by atoms with Gasteiger partial charge in [-0.3, -0.25) is 0 Å². The van der Waals surface area contributed by atoms with Crippen molar-refractivity contribution in [2.45, 2.75) is 51.6 Å². The Morgan fingerprint density at radius 3 is 2.72 bits per heavy atom. The van der Waals surface area contributed by atoms with Gasteiger partial charge in [0.1, 0.15) is 5.82 Å². The first-order chi connectivity index (χ1) is 8.54. The van der Waals surface area contributed by atoms with Gasteiger partial charge in [0.05, 0.1) is 35.6 Å². The third kappa shape index (κ3) is 3.57. The molecule has 0 saturated carbocycles. The van der Waals surface area contributed by atoms with Crippen molar-refractivity contribution in [3.8, 4) is 0 Å². The van der Waals surface area contributed by atoms with Crippen molar-refractivity contribution in [3.63, 3.8) is 0 Å². The molecule has 0 aliphatic carbocycles. The molecule has 2 atom stereocenters. The first kappa shape index (κ1) is 13.6. The Hall–Kier alpha value is -0.840. The van der Waals surface area contributed by atoms with E-state index >= 15 is 0 Å². The largest absolute Gasteiger partial charge is 0.384 e. The van der Waals surface area contributed by atoms with Crippen molar-refractivity contribution in [2.24, 2.45) is 0 Å². The van der Waals surface area contributed by atoms with Crippen molar-refractivity contribution < 1.29 is 9.47 Å². The van der Waals surface area contributed by atoms with Gasteiger partial charge in [-0.05, 0) is 38.8 Å². The molecule has 5 heteroatoms. The summed E-state index contributed by atoms with van der Waals surface area (Å²) in [6.45, 7) is 4.53. The summed E-state index contributed by atoms with van der Waals surface area (Å²) in [4.78, 5) is 4.18. The van der Waals surface area contributed by atoms with Gasteiger partial charge in [-0.15, -0.1) is 0 Å². The van der Waals surface area contributed by atoms with Crippen LogP contribution in [0.5, 0.6) is 0 Å². The third-order valence-electron chi connectivity index (χ3n) is 3.05. The molecule has 1 aromatic rings. The molecular formula is C13H19ClN2O2. The summed E-state index contributed by atoms with van der Waals surface area (Å²) in [5.74, 6) is 0.465. The van der Waals surface area contributed by atoms with E-state index in [9.17, 15) is 0 Å². The molecule has 18 heavy (non-hydrogen) atoms. The fourth-order valence-electron chi connectivity index (χ4n) is 2.28. The van der Waals surface area contributed by atoms with E-state index in [-0.39, 0.29) is 18.3 Å². The number of ether oxygens (including phenoxy) is 2. The second kappa shape index (κ2) is 5.87. The van der Waals surface area contributed by atoms with Crippen LogP contribution in [0, 0.1) is 0 Å². The van der Waals surface area contributed by atoms with Gasteiger partial charge in [-0.25, -0.2) is 4.98 Å². The van der Waals surface area contributed by atoms with Crippen LogP contribution in [0.15, 0.2) is 12.1 Å². The Bertz CT molecular complexity index is 404. The third-order valence-corrected chi connectivity index (χ3v) is 3.39. The summed E-state index contributed by atoms with van der Waals surface area (Å²) in [7, 11) is 0. The van der Waals surface area contributed by atoms with E-state index < -0.39 is 0 Å². The normalized spacial score (nSPS) is 28.3. The summed E-state index contributed by atoms with van der Waals surface area (Å²) < 4.78 is 11.5. The molecule has 2 rings (SSSR count). The molecule has 2 unspecified atom stereocenters. The van der Waals surface area contributed by atoms with E-state index in [1.165, 1.54) is 0 Å². The molecule has 1 aromatic heterocycles. The molecule has 2 N–H and O–H groups in total. The van der Waals surface area contributed by atoms with Crippen molar-refractivity contribution in [2.75, 3.05) is 5.73 Å². The van der Waals surface area contributed by atoms with Crippen LogP contribution in [-0.4, -0.2) is 23.3 Å². The number of rotatable bonds is 3. The Morgan fingerprint density at radius 1 is 1.39 bits per heavy atom. The van der Waals surface area contributed by atoms with Crippen molar-refractivity contribution >= 4 is 17.4 Å². The first-order valence-electron chi connectivity index (χ1n) is 6.22. The summed E-state index contributed by atoms with van der Waals surface area (Å²) in [6.07, 6.45) is 2.49. The predicted molar refractivity (Wildman–Crippen MR) is 71.5 cm³/mol. The van der Waals surface area contributed by atoms with Crippen LogP contribution in [0.4, 0.5) is 5.82 Å². The monoisotopic (exact) mass is 270 g/mol. The van der Waals surface area contributed by atoms with E-state index in [0.29, 0.717) is 23.1 Å². The number of nitrogen functional groups attached to an aromatic ring is 1. The van der Waals surface area contributed by atoms with E-state index in [0.717, 1.165) is 12.8 Å².